The molecule has 0 aliphatic rings. The highest BCUT2D eigenvalue weighted by Crippen LogP contribution is 2.20. The van der Waals surface area contributed by atoms with E-state index in [0.717, 1.165) is 33.6 Å². The lowest BCUT2D eigenvalue weighted by molar-refractivity contribution is 0.0920. The quantitative estimate of drug-likeness (QED) is 0.777. The highest BCUT2D eigenvalue weighted by atomic mass is 16.5. The van der Waals surface area contributed by atoms with Crippen LogP contribution in [-0.4, -0.2) is 12.4 Å². The van der Waals surface area contributed by atoms with Gasteiger partial charge in [-0.2, -0.15) is 0 Å². The fourth-order valence-electron chi connectivity index (χ4n) is 2.21. The summed E-state index contributed by atoms with van der Waals surface area (Å²) < 4.78 is 5.67. The van der Waals surface area contributed by atoms with Crippen molar-refractivity contribution >= 4 is 5.78 Å². The van der Waals surface area contributed by atoms with E-state index in [1.807, 2.05) is 64.1 Å². The summed E-state index contributed by atoms with van der Waals surface area (Å²) in [7, 11) is 0. The van der Waals surface area contributed by atoms with Crippen molar-refractivity contribution in [2.24, 2.45) is 0 Å². The summed E-state index contributed by atoms with van der Waals surface area (Å²) in [5.74, 6) is 0.798. The number of ketones is 1. The number of carbonyl (C=O) groups is 1. The van der Waals surface area contributed by atoms with Crippen molar-refractivity contribution in [2.75, 3.05) is 6.61 Å². The fraction of sp³-hybridized carbons (Fsp3) is 0.278. The Morgan fingerprint density at radius 3 is 2.25 bits per heavy atom. The van der Waals surface area contributed by atoms with Gasteiger partial charge < -0.3 is 4.74 Å². The Kier molecular flexibility index (Phi) is 4.23. The van der Waals surface area contributed by atoms with Crippen LogP contribution >= 0.6 is 0 Å². The Hall–Kier alpha value is -2.09. The van der Waals surface area contributed by atoms with Gasteiger partial charge in [0.2, 0.25) is 0 Å². The van der Waals surface area contributed by atoms with Crippen LogP contribution in [0.5, 0.6) is 5.75 Å². The van der Waals surface area contributed by atoms with Crippen molar-refractivity contribution in [2.45, 2.75) is 27.7 Å². The molecule has 0 aliphatic heterocycles. The van der Waals surface area contributed by atoms with Gasteiger partial charge in [-0.25, -0.2) is 0 Å². The topological polar surface area (TPSA) is 26.3 Å². The number of ether oxygens (including phenoxy) is 1. The summed E-state index contributed by atoms with van der Waals surface area (Å²) in [6.45, 7) is 8.05. The Bertz CT molecular complexity index is 642. The lowest BCUT2D eigenvalue weighted by atomic mass is 10.0. The van der Waals surface area contributed by atoms with Gasteiger partial charge in [-0.15, -0.1) is 0 Å². The molecule has 0 bridgehead atoms. The smallest absolute Gasteiger partial charge is 0.200 e. The largest absolute Gasteiger partial charge is 0.485 e. The third kappa shape index (κ3) is 3.27. The molecule has 0 saturated carbocycles. The van der Waals surface area contributed by atoms with Gasteiger partial charge in [-0.1, -0.05) is 35.9 Å². The number of benzene rings is 2. The molecule has 2 rings (SSSR count). The summed E-state index contributed by atoms with van der Waals surface area (Å²) in [5, 5.41) is 0. The summed E-state index contributed by atoms with van der Waals surface area (Å²) in [5.41, 5.74) is 5.07. The van der Waals surface area contributed by atoms with Gasteiger partial charge in [0.05, 0.1) is 0 Å². The van der Waals surface area contributed by atoms with Crippen LogP contribution in [0.3, 0.4) is 0 Å². The number of aryl methyl sites for hydroxylation is 4. The maximum atomic E-state index is 12.2. The van der Waals surface area contributed by atoms with E-state index in [9.17, 15) is 4.79 Å². The van der Waals surface area contributed by atoms with Crippen LogP contribution in [0.25, 0.3) is 0 Å². The van der Waals surface area contributed by atoms with E-state index in [2.05, 4.69) is 0 Å². The van der Waals surface area contributed by atoms with Gasteiger partial charge >= 0.3 is 0 Å². The summed E-state index contributed by atoms with van der Waals surface area (Å²) in [6.07, 6.45) is 0. The lowest BCUT2D eigenvalue weighted by Crippen LogP contribution is -2.13. The van der Waals surface area contributed by atoms with Gasteiger partial charge in [0.25, 0.3) is 0 Å². The van der Waals surface area contributed by atoms with Gasteiger partial charge in [0.1, 0.15) is 5.75 Å². The van der Waals surface area contributed by atoms with Crippen molar-refractivity contribution in [1.82, 2.24) is 0 Å². The minimum absolute atomic E-state index is 0.0170. The Balaban J connectivity index is 2.10. The second-order valence-electron chi connectivity index (χ2n) is 5.30. The van der Waals surface area contributed by atoms with Crippen molar-refractivity contribution in [3.05, 3.63) is 64.2 Å². The van der Waals surface area contributed by atoms with Crippen LogP contribution < -0.4 is 4.74 Å². The van der Waals surface area contributed by atoms with Crippen LogP contribution in [0.2, 0.25) is 0 Å². The zero-order chi connectivity index (χ0) is 14.7. The predicted molar refractivity (Wildman–Crippen MR) is 81.7 cm³/mol. The fourth-order valence-corrected chi connectivity index (χ4v) is 2.21. The average Bonchev–Trinajstić information content (AvgIpc) is 2.39. The second kappa shape index (κ2) is 5.91. The highest BCUT2D eigenvalue weighted by Gasteiger charge is 2.10. The molecule has 0 unspecified atom stereocenters. The molecule has 0 N–H and O–H groups in total. The van der Waals surface area contributed by atoms with Crippen LogP contribution in [-0.2, 0) is 0 Å². The summed E-state index contributed by atoms with van der Waals surface area (Å²) in [6, 6.07) is 11.9. The summed E-state index contributed by atoms with van der Waals surface area (Å²) in [4.78, 5) is 12.2. The number of carbonyl (C=O) groups excluding carboxylic acids is 1. The second-order valence-corrected chi connectivity index (χ2v) is 5.30. The first-order chi connectivity index (χ1) is 9.47. The van der Waals surface area contributed by atoms with Gasteiger partial charge in [0.15, 0.2) is 12.4 Å². The number of hydrogen-bond donors (Lipinski definition) is 0. The first-order valence-corrected chi connectivity index (χ1v) is 6.78. The van der Waals surface area contributed by atoms with Crippen LogP contribution in [0, 0.1) is 27.7 Å². The van der Waals surface area contributed by atoms with Crippen LogP contribution in [0.1, 0.15) is 32.6 Å². The molecule has 0 aromatic heterocycles. The number of Topliss-reactive ketones (excluding diaryl/α,β-unsaturated/α-hetero) is 1. The minimum atomic E-state index is 0.0170. The van der Waals surface area contributed by atoms with Crippen molar-refractivity contribution in [3.63, 3.8) is 0 Å². The molecular formula is C18H20O2. The molecular weight excluding hydrogens is 248 g/mol. The number of rotatable bonds is 4. The van der Waals surface area contributed by atoms with E-state index in [-0.39, 0.29) is 12.4 Å². The van der Waals surface area contributed by atoms with E-state index in [1.165, 1.54) is 0 Å². The molecule has 0 amide bonds. The molecule has 0 atom stereocenters. The monoisotopic (exact) mass is 268 g/mol. The zero-order valence-electron chi connectivity index (χ0n) is 12.5. The molecule has 20 heavy (non-hydrogen) atoms. The standard InChI is InChI=1S/C18H20O2/c1-12-6-8-16(15(4)9-12)17(19)11-20-18-10-13(2)5-7-14(18)3/h5-10H,11H2,1-4H3. The molecule has 104 valence electrons. The summed E-state index contributed by atoms with van der Waals surface area (Å²) >= 11 is 0. The van der Waals surface area contributed by atoms with E-state index >= 15 is 0 Å². The van der Waals surface area contributed by atoms with Crippen LogP contribution in [0.4, 0.5) is 0 Å². The molecule has 0 aliphatic carbocycles. The third-order valence-corrected chi connectivity index (χ3v) is 3.38. The van der Waals surface area contributed by atoms with E-state index in [0.29, 0.717) is 0 Å². The van der Waals surface area contributed by atoms with Gasteiger partial charge in [0, 0.05) is 5.56 Å². The van der Waals surface area contributed by atoms with Crippen molar-refractivity contribution in [1.29, 1.82) is 0 Å². The van der Waals surface area contributed by atoms with Gasteiger partial charge in [-0.05, 0) is 50.5 Å². The third-order valence-electron chi connectivity index (χ3n) is 3.38. The molecule has 0 heterocycles. The molecule has 2 aromatic rings. The first-order valence-electron chi connectivity index (χ1n) is 6.78. The molecule has 2 nitrogen and oxygen atoms in total. The van der Waals surface area contributed by atoms with E-state index < -0.39 is 0 Å². The molecule has 0 saturated heterocycles. The molecule has 0 radical (unpaired) electrons. The predicted octanol–water partition coefficient (Wildman–Crippen LogP) is 4.18. The SMILES string of the molecule is Cc1ccc(C(=O)COc2cc(C)ccc2C)c(C)c1. The average molecular weight is 268 g/mol. The molecule has 2 aromatic carbocycles. The maximum Gasteiger partial charge on any atom is 0.200 e. The van der Waals surface area contributed by atoms with E-state index in [4.69, 9.17) is 4.74 Å². The van der Waals surface area contributed by atoms with Crippen LogP contribution in [0.15, 0.2) is 36.4 Å². The molecule has 0 fully saturated rings. The van der Waals surface area contributed by atoms with Crippen molar-refractivity contribution in [3.8, 4) is 5.75 Å². The van der Waals surface area contributed by atoms with Crippen molar-refractivity contribution < 1.29 is 9.53 Å². The molecule has 2 heteroatoms. The maximum absolute atomic E-state index is 12.2. The Labute approximate surface area is 120 Å². The lowest BCUT2D eigenvalue weighted by Gasteiger charge is -2.10. The van der Waals surface area contributed by atoms with Gasteiger partial charge in [-0.3, -0.25) is 4.79 Å². The molecule has 0 spiro atoms. The minimum Gasteiger partial charge on any atom is -0.485 e. The highest BCUT2D eigenvalue weighted by molar-refractivity contribution is 5.98. The zero-order valence-corrected chi connectivity index (χ0v) is 12.5. The Morgan fingerprint density at radius 1 is 0.900 bits per heavy atom. The normalized spacial score (nSPS) is 10.4. The number of hydrogen-bond acceptors (Lipinski definition) is 2. The Morgan fingerprint density at radius 2 is 1.55 bits per heavy atom. The van der Waals surface area contributed by atoms with E-state index in [1.54, 1.807) is 0 Å². The first kappa shape index (κ1) is 14.3.